The first kappa shape index (κ1) is 16.9. The van der Waals surface area contributed by atoms with Crippen LogP contribution in [0.2, 0.25) is 0 Å². The quantitative estimate of drug-likeness (QED) is 0.681. The van der Waals surface area contributed by atoms with Crippen LogP contribution < -0.4 is 15.4 Å². The van der Waals surface area contributed by atoms with Gasteiger partial charge in [-0.25, -0.2) is 9.97 Å². The van der Waals surface area contributed by atoms with Crippen LogP contribution in [0.5, 0.6) is 5.75 Å². The number of rotatable bonds is 7. The number of hydrogen-bond donors (Lipinski definition) is 2. The van der Waals surface area contributed by atoms with Gasteiger partial charge < -0.3 is 15.4 Å². The van der Waals surface area contributed by atoms with Gasteiger partial charge in [-0.15, -0.1) is 11.3 Å². The van der Waals surface area contributed by atoms with Crippen molar-refractivity contribution in [2.45, 2.75) is 6.42 Å². The van der Waals surface area contributed by atoms with E-state index in [-0.39, 0.29) is 5.91 Å². The zero-order chi connectivity index (χ0) is 17.5. The number of nitrogens with one attached hydrogen (secondary N) is 2. The number of nitrogens with zero attached hydrogens (tertiary/aromatic N) is 2. The van der Waals surface area contributed by atoms with E-state index < -0.39 is 0 Å². The molecule has 3 aromatic rings. The Morgan fingerprint density at radius 1 is 1.20 bits per heavy atom. The monoisotopic (exact) mass is 354 g/mol. The lowest BCUT2D eigenvalue weighted by Gasteiger charge is -2.08. The lowest BCUT2D eigenvalue weighted by Crippen LogP contribution is -2.26. The molecule has 2 N–H and O–H groups in total. The summed E-state index contributed by atoms with van der Waals surface area (Å²) in [5.74, 6) is 1.33. The molecule has 0 saturated carbocycles. The number of pyridine rings is 1. The van der Waals surface area contributed by atoms with E-state index >= 15 is 0 Å². The Hall–Kier alpha value is -2.93. The van der Waals surface area contributed by atoms with E-state index in [0.29, 0.717) is 29.6 Å². The van der Waals surface area contributed by atoms with Gasteiger partial charge in [0.05, 0.1) is 7.11 Å². The number of anilines is 2. The predicted molar refractivity (Wildman–Crippen MR) is 98.7 cm³/mol. The van der Waals surface area contributed by atoms with Gasteiger partial charge >= 0.3 is 0 Å². The smallest absolute Gasteiger partial charge is 0.270 e. The number of methoxy groups -OCH3 is 1. The van der Waals surface area contributed by atoms with E-state index in [1.54, 1.807) is 18.7 Å². The molecule has 0 fully saturated rings. The van der Waals surface area contributed by atoms with E-state index in [1.165, 1.54) is 11.3 Å². The normalized spacial score (nSPS) is 10.3. The second kappa shape index (κ2) is 8.25. The van der Waals surface area contributed by atoms with Crippen molar-refractivity contribution in [2.75, 3.05) is 19.0 Å². The van der Waals surface area contributed by atoms with Gasteiger partial charge in [0.1, 0.15) is 17.3 Å². The Kier molecular flexibility index (Phi) is 5.58. The second-order valence-corrected chi connectivity index (χ2v) is 6.05. The lowest BCUT2D eigenvalue weighted by molar-refractivity contribution is 0.0950. The number of benzene rings is 1. The third kappa shape index (κ3) is 4.54. The van der Waals surface area contributed by atoms with Gasteiger partial charge in [-0.05, 0) is 30.2 Å². The molecule has 1 amide bonds. The molecule has 0 aliphatic heterocycles. The molecule has 0 bridgehead atoms. The fourth-order valence-corrected chi connectivity index (χ4v) is 2.99. The molecule has 0 aliphatic rings. The van der Waals surface area contributed by atoms with E-state index in [4.69, 9.17) is 4.74 Å². The summed E-state index contributed by atoms with van der Waals surface area (Å²) in [7, 11) is 1.64. The summed E-state index contributed by atoms with van der Waals surface area (Å²) in [6, 6.07) is 13.3. The molecule has 0 atom stereocenters. The first-order chi connectivity index (χ1) is 12.3. The van der Waals surface area contributed by atoms with Crippen LogP contribution in [-0.2, 0) is 6.42 Å². The third-order valence-electron chi connectivity index (χ3n) is 3.51. The molecule has 2 heterocycles. The van der Waals surface area contributed by atoms with E-state index in [9.17, 15) is 4.79 Å². The van der Waals surface area contributed by atoms with Crippen molar-refractivity contribution in [1.82, 2.24) is 15.3 Å². The summed E-state index contributed by atoms with van der Waals surface area (Å²) < 4.78 is 5.31. The molecule has 7 heteroatoms. The van der Waals surface area contributed by atoms with Crippen LogP contribution in [0.4, 0.5) is 10.9 Å². The minimum atomic E-state index is -0.194. The first-order valence-electron chi connectivity index (χ1n) is 7.80. The van der Waals surface area contributed by atoms with Crippen molar-refractivity contribution in [3.63, 3.8) is 0 Å². The molecular weight excluding hydrogens is 336 g/mol. The van der Waals surface area contributed by atoms with E-state index in [1.807, 2.05) is 42.5 Å². The highest BCUT2D eigenvalue weighted by Gasteiger charge is 2.11. The Balaban J connectivity index is 1.53. The molecule has 0 spiro atoms. The maximum atomic E-state index is 12.2. The van der Waals surface area contributed by atoms with Crippen molar-refractivity contribution >= 4 is 28.2 Å². The van der Waals surface area contributed by atoms with Gasteiger partial charge in [-0.3, -0.25) is 4.79 Å². The third-order valence-corrected chi connectivity index (χ3v) is 4.27. The molecule has 2 aromatic heterocycles. The lowest BCUT2D eigenvalue weighted by atomic mass is 10.1. The molecule has 6 nitrogen and oxygen atoms in total. The number of carbonyl (C=O) groups is 1. The minimum Gasteiger partial charge on any atom is -0.496 e. The number of ether oxygens (including phenoxy) is 1. The fourth-order valence-electron chi connectivity index (χ4n) is 2.29. The summed E-state index contributed by atoms with van der Waals surface area (Å²) in [6.07, 6.45) is 2.39. The molecule has 0 radical (unpaired) electrons. The van der Waals surface area contributed by atoms with Crippen molar-refractivity contribution < 1.29 is 9.53 Å². The van der Waals surface area contributed by atoms with Crippen molar-refractivity contribution in [2.24, 2.45) is 0 Å². The Morgan fingerprint density at radius 3 is 2.84 bits per heavy atom. The number of amides is 1. The molecule has 128 valence electrons. The van der Waals surface area contributed by atoms with Crippen LogP contribution in [0.25, 0.3) is 0 Å². The summed E-state index contributed by atoms with van der Waals surface area (Å²) in [5.41, 5.74) is 1.45. The maximum Gasteiger partial charge on any atom is 0.270 e. The van der Waals surface area contributed by atoms with Crippen molar-refractivity contribution in [3.05, 3.63) is 65.3 Å². The molecular formula is C18H18N4O2S. The number of carbonyl (C=O) groups excluding carboxylic acids is 1. The predicted octanol–water partition coefficient (Wildman–Crippen LogP) is 3.26. The highest BCUT2D eigenvalue weighted by Crippen LogP contribution is 2.20. The summed E-state index contributed by atoms with van der Waals surface area (Å²) >= 11 is 1.37. The number of aromatic nitrogens is 2. The summed E-state index contributed by atoms with van der Waals surface area (Å²) in [5, 5.41) is 8.32. The average Bonchev–Trinajstić information content (AvgIpc) is 3.11. The maximum absolute atomic E-state index is 12.2. The topological polar surface area (TPSA) is 76.1 Å². The van der Waals surface area contributed by atoms with Crippen LogP contribution >= 0.6 is 11.3 Å². The molecule has 3 rings (SSSR count). The van der Waals surface area contributed by atoms with Gasteiger partial charge in [-0.1, -0.05) is 24.3 Å². The van der Waals surface area contributed by atoms with Crippen LogP contribution in [-0.4, -0.2) is 29.5 Å². The van der Waals surface area contributed by atoms with Crippen LogP contribution in [0.3, 0.4) is 0 Å². The molecule has 0 aliphatic carbocycles. The van der Waals surface area contributed by atoms with Gasteiger partial charge in [0.2, 0.25) is 0 Å². The van der Waals surface area contributed by atoms with Gasteiger partial charge in [0, 0.05) is 18.1 Å². The molecule has 0 saturated heterocycles. The van der Waals surface area contributed by atoms with Crippen LogP contribution in [0, 0.1) is 0 Å². The SMILES string of the molecule is COc1ccccc1CCNC(=O)c1csc(Nc2ccccn2)n1. The molecule has 1 aromatic carbocycles. The molecule has 25 heavy (non-hydrogen) atoms. The van der Waals surface area contributed by atoms with Crippen LogP contribution in [0.1, 0.15) is 16.1 Å². The van der Waals surface area contributed by atoms with E-state index in [0.717, 1.165) is 11.3 Å². The van der Waals surface area contributed by atoms with Crippen LogP contribution in [0.15, 0.2) is 54.0 Å². The van der Waals surface area contributed by atoms with Gasteiger partial charge in [0.25, 0.3) is 5.91 Å². The fraction of sp³-hybridized carbons (Fsp3) is 0.167. The summed E-state index contributed by atoms with van der Waals surface area (Å²) in [4.78, 5) is 20.7. The summed E-state index contributed by atoms with van der Waals surface area (Å²) in [6.45, 7) is 0.514. The Labute approximate surface area is 149 Å². The van der Waals surface area contributed by atoms with Crippen molar-refractivity contribution in [3.8, 4) is 5.75 Å². The number of para-hydroxylation sites is 1. The highest BCUT2D eigenvalue weighted by atomic mass is 32.1. The van der Waals surface area contributed by atoms with Gasteiger partial charge in [-0.2, -0.15) is 0 Å². The largest absolute Gasteiger partial charge is 0.496 e. The van der Waals surface area contributed by atoms with E-state index in [2.05, 4.69) is 20.6 Å². The van der Waals surface area contributed by atoms with Gasteiger partial charge in [0.15, 0.2) is 5.13 Å². The van der Waals surface area contributed by atoms with Crippen molar-refractivity contribution in [1.29, 1.82) is 0 Å². The molecule has 0 unspecified atom stereocenters. The minimum absolute atomic E-state index is 0.194. The standard InChI is InChI=1S/C18H18N4O2S/c1-24-15-7-3-2-6-13(15)9-11-20-17(23)14-12-25-18(21-14)22-16-8-4-5-10-19-16/h2-8,10,12H,9,11H2,1H3,(H,20,23)(H,19,21,22). The Morgan fingerprint density at radius 2 is 2.04 bits per heavy atom. The number of hydrogen-bond acceptors (Lipinski definition) is 6. The second-order valence-electron chi connectivity index (χ2n) is 5.20. The highest BCUT2D eigenvalue weighted by molar-refractivity contribution is 7.14. The Bertz CT molecular complexity index is 836. The average molecular weight is 354 g/mol. The first-order valence-corrected chi connectivity index (χ1v) is 8.68. The zero-order valence-corrected chi connectivity index (χ0v) is 14.5. The number of thiazole rings is 1. The zero-order valence-electron chi connectivity index (χ0n) is 13.7.